The maximum Gasteiger partial charge on any atom is 0.337 e. The molecule has 5 nitrogen and oxygen atoms in total. The zero-order valence-corrected chi connectivity index (χ0v) is 6.77. The summed E-state index contributed by atoms with van der Waals surface area (Å²) in [6.45, 7) is 1.23. The molecule has 1 N–H and O–H groups in total. The fourth-order valence-electron chi connectivity index (χ4n) is 0.662. The number of pyridine rings is 1. The van der Waals surface area contributed by atoms with Crippen LogP contribution in [0, 0.1) is 6.07 Å². The van der Waals surface area contributed by atoms with Crippen molar-refractivity contribution >= 4 is 11.9 Å². The number of aromatic nitrogens is 1. The standard InChI is InChI=1S/C8H6NO4/c1-5(10)13-7-3-2-6(4-9-7)8(11)12/h3-4H,1H3,(H,11,12). The number of nitrogens with zero attached hydrogens (tertiary/aromatic N) is 1. The summed E-state index contributed by atoms with van der Waals surface area (Å²) in [7, 11) is 0. The Labute approximate surface area is 74.0 Å². The molecular weight excluding hydrogens is 174 g/mol. The van der Waals surface area contributed by atoms with E-state index in [-0.39, 0.29) is 11.4 Å². The van der Waals surface area contributed by atoms with E-state index in [1.54, 1.807) is 0 Å². The molecule has 1 heterocycles. The SMILES string of the molecule is CC(=O)Oc1c[c]c(C(=O)O)cn1. The number of aromatic carboxylic acids is 1. The van der Waals surface area contributed by atoms with Crippen LogP contribution < -0.4 is 4.74 Å². The Hall–Kier alpha value is -1.91. The maximum atomic E-state index is 10.4. The van der Waals surface area contributed by atoms with Gasteiger partial charge in [-0.05, 0) is 0 Å². The van der Waals surface area contributed by atoms with Gasteiger partial charge in [-0.15, -0.1) is 0 Å². The van der Waals surface area contributed by atoms with E-state index in [2.05, 4.69) is 15.8 Å². The quantitative estimate of drug-likeness (QED) is 0.671. The van der Waals surface area contributed by atoms with Crippen LogP contribution in [0.3, 0.4) is 0 Å². The second-order valence-electron chi connectivity index (χ2n) is 2.20. The molecule has 0 aliphatic heterocycles. The minimum atomic E-state index is -1.12. The highest BCUT2D eigenvalue weighted by atomic mass is 16.5. The number of carboxylic acid groups (broad SMARTS) is 1. The van der Waals surface area contributed by atoms with E-state index in [0.717, 1.165) is 6.20 Å². The van der Waals surface area contributed by atoms with Crippen molar-refractivity contribution in [2.45, 2.75) is 6.92 Å². The average molecular weight is 180 g/mol. The van der Waals surface area contributed by atoms with E-state index < -0.39 is 11.9 Å². The number of ether oxygens (including phenoxy) is 1. The second-order valence-corrected chi connectivity index (χ2v) is 2.20. The summed E-state index contributed by atoms with van der Waals surface area (Å²) in [6, 6.07) is 3.60. The van der Waals surface area contributed by atoms with Gasteiger partial charge < -0.3 is 9.84 Å². The molecule has 0 unspecified atom stereocenters. The fourth-order valence-corrected chi connectivity index (χ4v) is 0.662. The Balaban J connectivity index is 2.81. The molecule has 0 bridgehead atoms. The van der Waals surface area contributed by atoms with E-state index in [1.807, 2.05) is 0 Å². The minimum Gasteiger partial charge on any atom is -0.478 e. The summed E-state index contributed by atoms with van der Waals surface area (Å²) < 4.78 is 4.57. The third-order valence-electron chi connectivity index (χ3n) is 1.15. The smallest absolute Gasteiger partial charge is 0.337 e. The molecule has 67 valence electrons. The number of carbonyl (C=O) groups excluding carboxylic acids is 1. The Morgan fingerprint density at radius 1 is 1.62 bits per heavy atom. The molecule has 1 aromatic rings. The van der Waals surface area contributed by atoms with Crippen molar-refractivity contribution in [1.82, 2.24) is 4.98 Å². The van der Waals surface area contributed by atoms with Crippen molar-refractivity contribution in [2.24, 2.45) is 0 Å². The van der Waals surface area contributed by atoms with Crippen LogP contribution >= 0.6 is 0 Å². The van der Waals surface area contributed by atoms with Gasteiger partial charge in [0.25, 0.3) is 0 Å². The summed E-state index contributed by atoms with van der Waals surface area (Å²) in [5.41, 5.74) is -0.0732. The zero-order chi connectivity index (χ0) is 9.84. The van der Waals surface area contributed by atoms with Gasteiger partial charge in [0, 0.05) is 25.3 Å². The summed E-state index contributed by atoms with van der Waals surface area (Å²) in [5.74, 6) is -1.59. The van der Waals surface area contributed by atoms with E-state index in [0.29, 0.717) is 0 Å². The number of hydrogen-bond acceptors (Lipinski definition) is 4. The Bertz CT molecular complexity index is 331. The van der Waals surface area contributed by atoms with E-state index in [9.17, 15) is 9.59 Å². The first-order valence-corrected chi connectivity index (χ1v) is 3.39. The first-order valence-electron chi connectivity index (χ1n) is 3.39. The van der Waals surface area contributed by atoms with Gasteiger partial charge >= 0.3 is 11.9 Å². The lowest BCUT2D eigenvalue weighted by molar-refractivity contribution is -0.132. The zero-order valence-electron chi connectivity index (χ0n) is 6.77. The Kier molecular flexibility index (Phi) is 2.59. The molecule has 0 amide bonds. The van der Waals surface area contributed by atoms with Crippen molar-refractivity contribution in [3.05, 3.63) is 23.9 Å². The van der Waals surface area contributed by atoms with Gasteiger partial charge in [-0.3, -0.25) is 4.79 Å². The average Bonchev–Trinajstić information content (AvgIpc) is 2.04. The number of carbonyl (C=O) groups is 2. The molecule has 0 saturated heterocycles. The molecular formula is C8H6NO4. The van der Waals surface area contributed by atoms with E-state index >= 15 is 0 Å². The summed E-state index contributed by atoms with van der Waals surface area (Å²) >= 11 is 0. The topological polar surface area (TPSA) is 76.5 Å². The van der Waals surface area contributed by atoms with E-state index in [4.69, 9.17) is 5.11 Å². The van der Waals surface area contributed by atoms with Crippen molar-refractivity contribution in [3.63, 3.8) is 0 Å². The molecule has 13 heavy (non-hydrogen) atoms. The van der Waals surface area contributed by atoms with Crippen LogP contribution in [0.2, 0.25) is 0 Å². The molecule has 0 aliphatic carbocycles. The molecule has 0 aliphatic rings. The van der Waals surface area contributed by atoms with Crippen molar-refractivity contribution < 1.29 is 19.4 Å². The number of hydrogen-bond donors (Lipinski definition) is 1. The molecule has 0 atom stereocenters. The fraction of sp³-hybridized carbons (Fsp3) is 0.125. The second kappa shape index (κ2) is 3.66. The molecule has 1 radical (unpaired) electrons. The largest absolute Gasteiger partial charge is 0.478 e. The normalized spacial score (nSPS) is 9.31. The highest BCUT2D eigenvalue weighted by molar-refractivity contribution is 5.86. The predicted molar refractivity (Wildman–Crippen MR) is 41.3 cm³/mol. The number of rotatable bonds is 2. The molecule has 0 aromatic carbocycles. The van der Waals surface area contributed by atoms with E-state index in [1.165, 1.54) is 13.0 Å². The van der Waals surface area contributed by atoms with Gasteiger partial charge in [0.2, 0.25) is 5.88 Å². The highest BCUT2D eigenvalue weighted by Gasteiger charge is 2.04. The van der Waals surface area contributed by atoms with Crippen LogP contribution in [0.25, 0.3) is 0 Å². The van der Waals surface area contributed by atoms with Gasteiger partial charge in [-0.1, -0.05) is 0 Å². The van der Waals surface area contributed by atoms with Crippen molar-refractivity contribution in [1.29, 1.82) is 0 Å². The van der Waals surface area contributed by atoms with Gasteiger partial charge in [0.15, 0.2) is 0 Å². The first kappa shape index (κ1) is 9.18. The molecule has 0 saturated carbocycles. The molecule has 0 spiro atoms. The van der Waals surface area contributed by atoms with Gasteiger partial charge in [0.1, 0.15) is 0 Å². The molecule has 1 aromatic heterocycles. The van der Waals surface area contributed by atoms with Gasteiger partial charge in [-0.2, -0.15) is 0 Å². The van der Waals surface area contributed by atoms with Crippen LogP contribution in [0.4, 0.5) is 0 Å². The summed E-state index contributed by atoms with van der Waals surface area (Å²) in [4.78, 5) is 24.4. The summed E-state index contributed by atoms with van der Waals surface area (Å²) in [5, 5.41) is 8.48. The van der Waals surface area contributed by atoms with Crippen LogP contribution in [0.15, 0.2) is 12.3 Å². The third-order valence-corrected chi connectivity index (χ3v) is 1.15. The molecule has 1 rings (SSSR count). The number of esters is 1. The van der Waals surface area contributed by atoms with Crippen LogP contribution in [0.5, 0.6) is 5.88 Å². The number of carboxylic acids is 1. The van der Waals surface area contributed by atoms with Crippen LogP contribution in [-0.2, 0) is 4.79 Å². The first-order chi connectivity index (χ1) is 6.09. The highest BCUT2D eigenvalue weighted by Crippen LogP contribution is 2.06. The van der Waals surface area contributed by atoms with Gasteiger partial charge in [-0.25, -0.2) is 9.78 Å². The maximum absolute atomic E-state index is 10.4. The monoisotopic (exact) mass is 180 g/mol. The molecule has 5 heteroatoms. The van der Waals surface area contributed by atoms with Crippen molar-refractivity contribution in [2.75, 3.05) is 0 Å². The van der Waals surface area contributed by atoms with Crippen LogP contribution in [-0.4, -0.2) is 22.0 Å². The Morgan fingerprint density at radius 3 is 2.69 bits per heavy atom. The predicted octanol–water partition coefficient (Wildman–Crippen LogP) is 0.505. The summed E-state index contributed by atoms with van der Waals surface area (Å²) in [6.07, 6.45) is 1.07. The van der Waals surface area contributed by atoms with Gasteiger partial charge in [0.05, 0.1) is 5.56 Å². The molecule has 0 fully saturated rings. The van der Waals surface area contributed by atoms with Crippen LogP contribution in [0.1, 0.15) is 17.3 Å². The Morgan fingerprint density at radius 2 is 2.31 bits per heavy atom. The third kappa shape index (κ3) is 2.55. The van der Waals surface area contributed by atoms with Crippen molar-refractivity contribution in [3.8, 4) is 5.88 Å². The lowest BCUT2D eigenvalue weighted by Crippen LogP contribution is -2.04. The lowest BCUT2D eigenvalue weighted by atomic mass is 10.3. The lowest BCUT2D eigenvalue weighted by Gasteiger charge is -1.98. The minimum absolute atomic E-state index is 0.0394.